The smallest absolute Gasteiger partial charge is 0.258 e. The second kappa shape index (κ2) is 3.92. The molecule has 0 aliphatic carbocycles. The van der Waals surface area contributed by atoms with E-state index in [9.17, 15) is 10.1 Å². The summed E-state index contributed by atoms with van der Waals surface area (Å²) in [5, 5.41) is 19.2. The molecule has 0 heterocycles. The van der Waals surface area contributed by atoms with Crippen LogP contribution in [0.5, 0.6) is 0 Å². The minimum Gasteiger partial charge on any atom is -0.258 e. The van der Waals surface area contributed by atoms with Gasteiger partial charge < -0.3 is 0 Å². The molecule has 0 aliphatic rings. The number of nitriles is 1. The predicted octanol–water partition coefficient (Wildman–Crippen LogP) is 2.19. The average Bonchev–Trinajstić information content (AvgIpc) is 2.16. The van der Waals surface area contributed by atoms with Crippen molar-refractivity contribution in [2.75, 3.05) is 6.26 Å². The van der Waals surface area contributed by atoms with Crippen molar-refractivity contribution in [1.82, 2.24) is 0 Å². The molecule has 1 aromatic carbocycles. The number of hydrogen-bond acceptors (Lipinski definition) is 4. The van der Waals surface area contributed by atoms with Crippen LogP contribution in [0.15, 0.2) is 23.1 Å². The van der Waals surface area contributed by atoms with Crippen molar-refractivity contribution < 1.29 is 4.92 Å². The third kappa shape index (κ3) is 1.79. The van der Waals surface area contributed by atoms with Crippen molar-refractivity contribution in [3.05, 3.63) is 33.9 Å². The van der Waals surface area contributed by atoms with Crippen LogP contribution >= 0.6 is 11.8 Å². The molecule has 5 heteroatoms. The average molecular weight is 194 g/mol. The van der Waals surface area contributed by atoms with E-state index >= 15 is 0 Å². The highest BCUT2D eigenvalue weighted by Crippen LogP contribution is 2.30. The number of nitrogens with zero attached hydrogens (tertiary/aromatic N) is 2. The lowest BCUT2D eigenvalue weighted by Crippen LogP contribution is -1.92. The third-order valence-electron chi connectivity index (χ3n) is 1.52. The number of nitro groups is 1. The van der Waals surface area contributed by atoms with Crippen molar-refractivity contribution in [3.63, 3.8) is 0 Å². The number of thioether (sulfide) groups is 1. The first kappa shape index (κ1) is 9.55. The van der Waals surface area contributed by atoms with Gasteiger partial charge in [-0.2, -0.15) is 5.26 Å². The molecular formula is C8H6N2O2S. The van der Waals surface area contributed by atoms with E-state index in [0.717, 1.165) is 0 Å². The maximum atomic E-state index is 10.5. The first-order valence-electron chi connectivity index (χ1n) is 3.42. The van der Waals surface area contributed by atoms with Crippen molar-refractivity contribution in [3.8, 4) is 6.07 Å². The van der Waals surface area contributed by atoms with Crippen LogP contribution in [0.4, 0.5) is 5.69 Å². The molecule has 0 aliphatic heterocycles. The van der Waals surface area contributed by atoms with Gasteiger partial charge >= 0.3 is 0 Å². The van der Waals surface area contributed by atoms with E-state index in [1.54, 1.807) is 12.3 Å². The Morgan fingerprint density at radius 1 is 1.62 bits per heavy atom. The number of rotatable bonds is 2. The van der Waals surface area contributed by atoms with E-state index in [4.69, 9.17) is 5.26 Å². The van der Waals surface area contributed by atoms with Gasteiger partial charge in [0.2, 0.25) is 0 Å². The van der Waals surface area contributed by atoms with Gasteiger partial charge in [-0.1, -0.05) is 6.07 Å². The van der Waals surface area contributed by atoms with Gasteiger partial charge in [-0.15, -0.1) is 11.8 Å². The second-order valence-corrected chi connectivity index (χ2v) is 3.04. The molecule has 0 radical (unpaired) electrons. The Morgan fingerprint density at radius 3 is 2.77 bits per heavy atom. The van der Waals surface area contributed by atoms with Crippen LogP contribution in [0.2, 0.25) is 0 Å². The Labute approximate surface area is 79.3 Å². The summed E-state index contributed by atoms with van der Waals surface area (Å²) in [4.78, 5) is 10.5. The fourth-order valence-electron chi connectivity index (χ4n) is 0.971. The predicted molar refractivity (Wildman–Crippen MR) is 49.6 cm³/mol. The van der Waals surface area contributed by atoms with Crippen LogP contribution in [0.25, 0.3) is 0 Å². The topological polar surface area (TPSA) is 66.9 Å². The Bertz CT molecular complexity index is 384. The van der Waals surface area contributed by atoms with E-state index in [-0.39, 0.29) is 5.69 Å². The Balaban J connectivity index is 3.38. The van der Waals surface area contributed by atoms with Gasteiger partial charge in [-0.25, -0.2) is 0 Å². The summed E-state index contributed by atoms with van der Waals surface area (Å²) in [6, 6.07) is 6.39. The molecule has 0 spiro atoms. The van der Waals surface area contributed by atoms with Crippen LogP contribution in [-0.2, 0) is 0 Å². The van der Waals surface area contributed by atoms with Crippen LogP contribution in [0, 0.1) is 21.4 Å². The second-order valence-electron chi connectivity index (χ2n) is 2.23. The zero-order valence-electron chi connectivity index (χ0n) is 6.85. The summed E-state index contributed by atoms with van der Waals surface area (Å²) in [5.41, 5.74) is 0.341. The van der Waals surface area contributed by atoms with E-state index in [2.05, 4.69) is 0 Å². The SMILES string of the molecule is CSc1c(C#N)cccc1[N+](=O)[O-]. The quantitative estimate of drug-likeness (QED) is 0.411. The summed E-state index contributed by atoms with van der Waals surface area (Å²) in [6.07, 6.45) is 1.71. The molecule has 0 saturated heterocycles. The fraction of sp³-hybridized carbons (Fsp3) is 0.125. The molecule has 0 amide bonds. The summed E-state index contributed by atoms with van der Waals surface area (Å²) in [5.74, 6) is 0. The van der Waals surface area contributed by atoms with E-state index in [0.29, 0.717) is 10.5 Å². The van der Waals surface area contributed by atoms with Gasteiger partial charge in [0.1, 0.15) is 11.0 Å². The monoisotopic (exact) mass is 194 g/mol. The lowest BCUT2D eigenvalue weighted by molar-refractivity contribution is -0.387. The molecule has 0 unspecified atom stereocenters. The molecule has 1 rings (SSSR count). The highest BCUT2D eigenvalue weighted by Gasteiger charge is 2.15. The molecular weight excluding hydrogens is 188 g/mol. The maximum Gasteiger partial charge on any atom is 0.284 e. The number of benzene rings is 1. The van der Waals surface area contributed by atoms with Gasteiger partial charge in [-0.3, -0.25) is 10.1 Å². The van der Waals surface area contributed by atoms with E-state index in [1.807, 2.05) is 6.07 Å². The van der Waals surface area contributed by atoms with Crippen LogP contribution < -0.4 is 0 Å². The molecule has 13 heavy (non-hydrogen) atoms. The van der Waals surface area contributed by atoms with Crippen molar-refractivity contribution in [2.45, 2.75) is 4.90 Å². The van der Waals surface area contributed by atoms with E-state index < -0.39 is 4.92 Å². The standard InChI is InChI=1S/C8H6N2O2S/c1-13-8-6(5-9)3-2-4-7(8)10(11)12/h2-4H,1H3. The van der Waals surface area contributed by atoms with Crippen molar-refractivity contribution >= 4 is 17.4 Å². The summed E-state index contributed by atoms with van der Waals surface area (Å²) >= 11 is 1.21. The molecule has 0 N–H and O–H groups in total. The largest absolute Gasteiger partial charge is 0.284 e. The van der Waals surface area contributed by atoms with Gasteiger partial charge in [-0.05, 0) is 12.3 Å². The molecule has 66 valence electrons. The number of nitro benzene ring substituents is 1. The molecule has 0 saturated carbocycles. The molecule has 0 fully saturated rings. The highest BCUT2D eigenvalue weighted by molar-refractivity contribution is 7.98. The lowest BCUT2D eigenvalue weighted by atomic mass is 10.2. The maximum absolute atomic E-state index is 10.5. The molecule has 0 bridgehead atoms. The molecule has 1 aromatic rings. The van der Waals surface area contributed by atoms with Gasteiger partial charge in [0.25, 0.3) is 5.69 Å². The number of hydrogen-bond donors (Lipinski definition) is 0. The van der Waals surface area contributed by atoms with Crippen molar-refractivity contribution in [2.24, 2.45) is 0 Å². The molecule has 4 nitrogen and oxygen atoms in total. The van der Waals surface area contributed by atoms with Gasteiger partial charge in [0, 0.05) is 6.07 Å². The van der Waals surface area contributed by atoms with Crippen LogP contribution in [0.3, 0.4) is 0 Å². The zero-order valence-corrected chi connectivity index (χ0v) is 7.67. The minimum atomic E-state index is -0.479. The summed E-state index contributed by atoms with van der Waals surface area (Å²) in [7, 11) is 0. The first-order valence-corrected chi connectivity index (χ1v) is 4.64. The Hall–Kier alpha value is -1.54. The molecule has 0 atom stereocenters. The van der Waals surface area contributed by atoms with Crippen LogP contribution in [0.1, 0.15) is 5.56 Å². The zero-order chi connectivity index (χ0) is 9.84. The van der Waals surface area contributed by atoms with Crippen LogP contribution in [-0.4, -0.2) is 11.2 Å². The summed E-state index contributed by atoms with van der Waals surface area (Å²) < 4.78 is 0. The van der Waals surface area contributed by atoms with Gasteiger partial charge in [0.05, 0.1) is 10.5 Å². The Kier molecular flexibility index (Phi) is 2.88. The minimum absolute atomic E-state index is 0.00782. The summed E-state index contributed by atoms with van der Waals surface area (Å²) in [6.45, 7) is 0. The van der Waals surface area contributed by atoms with E-state index in [1.165, 1.54) is 23.9 Å². The highest BCUT2D eigenvalue weighted by atomic mass is 32.2. The molecule has 0 aromatic heterocycles. The third-order valence-corrected chi connectivity index (χ3v) is 2.35. The van der Waals surface area contributed by atoms with Crippen molar-refractivity contribution in [1.29, 1.82) is 5.26 Å². The normalized spacial score (nSPS) is 9.23. The first-order chi connectivity index (χ1) is 6.20. The Morgan fingerprint density at radius 2 is 2.31 bits per heavy atom. The lowest BCUT2D eigenvalue weighted by Gasteiger charge is -1.99. The fourth-order valence-corrected chi connectivity index (χ4v) is 1.66. The van der Waals surface area contributed by atoms with Gasteiger partial charge in [0.15, 0.2) is 0 Å².